The third-order valence-electron chi connectivity index (χ3n) is 11.9. The topological polar surface area (TPSA) is 51.8 Å². The first kappa shape index (κ1) is 35.5. The smallest absolute Gasteiger partial charge is 0.164 e. The molecule has 2 heterocycles. The average molecular weight is 710 g/mol. The highest BCUT2D eigenvalue weighted by Gasteiger charge is 2.22. The molecule has 0 aliphatic rings. The van der Waals surface area contributed by atoms with Crippen molar-refractivity contribution < 1.29 is 4.42 Å². The van der Waals surface area contributed by atoms with Crippen molar-refractivity contribution in [3.63, 3.8) is 0 Å². The van der Waals surface area contributed by atoms with Crippen molar-refractivity contribution in [2.24, 2.45) is 0 Å². The van der Waals surface area contributed by atoms with Gasteiger partial charge in [-0.1, -0.05) is 155 Å². The number of nitrogens with zero attached hydrogens (tertiary/aromatic N) is 3. The summed E-state index contributed by atoms with van der Waals surface area (Å²) in [4.78, 5) is 15.3. The van der Waals surface area contributed by atoms with Gasteiger partial charge in [0.05, 0.1) is 0 Å². The maximum Gasteiger partial charge on any atom is 0.164 e. The van der Waals surface area contributed by atoms with Gasteiger partial charge in [0.1, 0.15) is 66.1 Å². The van der Waals surface area contributed by atoms with Gasteiger partial charge in [0.25, 0.3) is 0 Å². The first-order valence-corrected chi connectivity index (χ1v) is 19.3. The van der Waals surface area contributed by atoms with E-state index in [0.29, 0.717) is 17.5 Å². The van der Waals surface area contributed by atoms with Crippen LogP contribution in [0.25, 0.3) is 89.5 Å². The third-order valence-corrected chi connectivity index (χ3v) is 11.9. The summed E-state index contributed by atoms with van der Waals surface area (Å²) in [7, 11) is 15.5. The Balaban J connectivity index is 1.15. The Morgan fingerprint density at radius 2 is 0.696 bits per heavy atom. The molecule has 0 unspecified atom stereocenters. The molecule has 0 fully saturated rings. The monoisotopic (exact) mass is 711 g/mol. The maximum absolute atomic E-state index is 6.77. The summed E-state index contributed by atoms with van der Waals surface area (Å²) < 4.78 is 6.77. The van der Waals surface area contributed by atoms with Crippen molar-refractivity contribution in [2.75, 3.05) is 0 Å². The molecule has 56 heavy (non-hydrogen) atoms. The molecule has 0 amide bonds. The molecule has 0 aliphatic carbocycles. The maximum atomic E-state index is 6.77. The number of rotatable bonds is 6. The molecule has 258 valence electrons. The Bertz CT molecular complexity index is 2970. The van der Waals surface area contributed by atoms with Gasteiger partial charge in [0.15, 0.2) is 17.5 Å². The molecule has 0 radical (unpaired) electrons. The minimum absolute atomic E-state index is 0.628. The summed E-state index contributed by atoms with van der Waals surface area (Å²) in [5.41, 5.74) is 20.5. The molecule has 0 spiro atoms. The van der Waals surface area contributed by atoms with Crippen LogP contribution in [0.2, 0.25) is 0 Å². The summed E-state index contributed by atoms with van der Waals surface area (Å²) >= 11 is 0. The van der Waals surface area contributed by atoms with E-state index in [4.69, 9.17) is 19.4 Å². The Morgan fingerprint density at radius 1 is 0.304 bits per heavy atom. The van der Waals surface area contributed by atoms with Crippen molar-refractivity contribution >= 4 is 115 Å². The number of fused-ring (bicyclic) bond motifs is 3. The van der Waals surface area contributed by atoms with Gasteiger partial charge in [-0.25, -0.2) is 15.0 Å². The zero-order chi connectivity index (χ0) is 38.7. The Morgan fingerprint density at radius 3 is 1.27 bits per heavy atom. The molecule has 11 heteroatoms. The van der Waals surface area contributed by atoms with Crippen LogP contribution in [0.5, 0.6) is 0 Å². The third kappa shape index (κ3) is 6.03. The van der Waals surface area contributed by atoms with E-state index in [-0.39, 0.29) is 0 Å². The predicted octanol–water partition coefficient (Wildman–Crippen LogP) is -0.418. The quantitative estimate of drug-likeness (QED) is 0.221. The van der Waals surface area contributed by atoms with Crippen LogP contribution in [-0.4, -0.2) is 69.9 Å². The van der Waals surface area contributed by atoms with E-state index in [2.05, 4.69) is 176 Å². The Kier molecular flexibility index (Phi) is 8.97. The second-order valence-corrected chi connectivity index (χ2v) is 15.0. The lowest BCUT2D eigenvalue weighted by Gasteiger charge is -2.16. The van der Waals surface area contributed by atoms with Crippen LogP contribution in [0.3, 0.4) is 0 Å². The van der Waals surface area contributed by atoms with Gasteiger partial charge in [-0.2, -0.15) is 0 Å². The molecule has 4 nitrogen and oxygen atoms in total. The van der Waals surface area contributed by atoms with Crippen LogP contribution in [0.15, 0.2) is 138 Å². The van der Waals surface area contributed by atoms with Crippen LogP contribution >= 0.6 is 0 Å². The van der Waals surface area contributed by atoms with Gasteiger partial charge in [-0.3, -0.25) is 0 Å². The highest BCUT2D eigenvalue weighted by Crippen LogP contribution is 2.31. The number of hydrogen-bond acceptors (Lipinski definition) is 4. The summed E-state index contributed by atoms with van der Waals surface area (Å²) in [6.45, 7) is 0. The molecule has 2 aromatic heterocycles. The number of furan rings is 1. The van der Waals surface area contributed by atoms with Crippen LogP contribution in [-0.2, 0) is 0 Å². The fourth-order valence-electron chi connectivity index (χ4n) is 8.26. The number of hydrogen-bond donors (Lipinski definition) is 0. The summed E-state index contributed by atoms with van der Waals surface area (Å²) in [6.07, 6.45) is 0. The first-order chi connectivity index (χ1) is 27.2. The van der Waals surface area contributed by atoms with Gasteiger partial charge < -0.3 is 4.42 Å². The fraction of sp³-hybridized carbons (Fsp3) is 0. The van der Waals surface area contributed by atoms with Crippen LogP contribution < -0.4 is 38.2 Å². The van der Waals surface area contributed by atoms with Crippen molar-refractivity contribution in [2.45, 2.75) is 0 Å². The molecular formula is C45H36B7N3O. The van der Waals surface area contributed by atoms with Crippen molar-refractivity contribution in [1.82, 2.24) is 15.0 Å². The average Bonchev–Trinajstić information content (AvgIpc) is 3.67. The standard InChI is InChI=1S/C45H36B7N3O/c46-34-31(37(49)41-32(35(34)47)33-36(48)38(50)39(51)40(52)42(33)56-41)26-16-20-28(21-17-26)44-53-43(27-18-14-25(15-19-27)23-8-3-1-4-9-23)54-45(55-44)30-13-7-12-29(22-30)24-10-5-2-6-11-24/h1-22H,46-52H2. The van der Waals surface area contributed by atoms with E-state index >= 15 is 0 Å². The summed E-state index contributed by atoms with van der Waals surface area (Å²) in [6, 6.07) is 46.4. The fourth-order valence-corrected chi connectivity index (χ4v) is 8.26. The summed E-state index contributed by atoms with van der Waals surface area (Å²) in [5.74, 6) is 1.89. The van der Waals surface area contributed by atoms with E-state index in [1.807, 2.05) is 12.1 Å². The molecule has 0 saturated heterocycles. The van der Waals surface area contributed by atoms with Gasteiger partial charge >= 0.3 is 0 Å². The second kappa shape index (κ2) is 14.1. The Labute approximate surface area is 334 Å². The zero-order valence-corrected chi connectivity index (χ0v) is 33.0. The molecule has 0 saturated carbocycles. The summed E-state index contributed by atoms with van der Waals surface area (Å²) in [5, 5.41) is 2.48. The number of aromatic nitrogens is 3. The predicted molar refractivity (Wildman–Crippen MR) is 257 cm³/mol. The van der Waals surface area contributed by atoms with Crippen LogP contribution in [0, 0.1) is 0 Å². The van der Waals surface area contributed by atoms with E-state index in [1.54, 1.807) is 0 Å². The molecule has 7 aromatic carbocycles. The highest BCUT2D eigenvalue weighted by atomic mass is 16.3. The SMILES string of the molecule is Bc1c(B)c(B)c2c(oc3c(B)c(-c4ccc(-c5nc(-c6ccc(-c7ccccc7)cc6)nc(-c6cccc(-c7ccccc7)c6)n5)cc4)c(B)c(B)c32)c1B. The minimum atomic E-state index is 0.628. The molecular weight excluding hydrogens is 674 g/mol. The normalized spacial score (nSPS) is 11.4. The van der Waals surface area contributed by atoms with Crippen molar-refractivity contribution in [3.05, 3.63) is 133 Å². The molecule has 0 bridgehead atoms. The lowest BCUT2D eigenvalue weighted by atomic mass is 9.64. The molecule has 0 aliphatic heterocycles. The van der Waals surface area contributed by atoms with E-state index in [0.717, 1.165) is 55.6 Å². The molecule has 9 rings (SSSR count). The lowest BCUT2D eigenvalue weighted by molar-refractivity contribution is 0.675. The van der Waals surface area contributed by atoms with Crippen LogP contribution in [0.4, 0.5) is 0 Å². The largest absolute Gasteiger partial charge is 0.457 e. The zero-order valence-electron chi connectivity index (χ0n) is 33.0. The second-order valence-electron chi connectivity index (χ2n) is 15.0. The van der Waals surface area contributed by atoms with Crippen molar-refractivity contribution in [3.8, 4) is 67.5 Å². The Hall–Kier alpha value is -6.20. The van der Waals surface area contributed by atoms with Crippen molar-refractivity contribution in [1.29, 1.82) is 0 Å². The van der Waals surface area contributed by atoms with Crippen LogP contribution in [0.1, 0.15) is 0 Å². The van der Waals surface area contributed by atoms with Gasteiger partial charge in [-0.15, -0.1) is 5.46 Å². The van der Waals surface area contributed by atoms with E-state index in [1.165, 1.54) is 54.7 Å². The first-order valence-electron chi connectivity index (χ1n) is 19.3. The van der Waals surface area contributed by atoms with E-state index in [9.17, 15) is 0 Å². The van der Waals surface area contributed by atoms with Gasteiger partial charge in [0, 0.05) is 27.5 Å². The number of benzene rings is 7. The minimum Gasteiger partial charge on any atom is -0.457 e. The molecule has 0 N–H and O–H groups in total. The van der Waals surface area contributed by atoms with Gasteiger partial charge in [-0.05, 0) is 44.9 Å². The van der Waals surface area contributed by atoms with E-state index < -0.39 is 0 Å². The molecule has 0 atom stereocenters. The molecule has 9 aromatic rings. The highest BCUT2D eigenvalue weighted by molar-refractivity contribution is 6.69. The lowest BCUT2D eigenvalue weighted by Crippen LogP contribution is -2.47. The van der Waals surface area contributed by atoms with Gasteiger partial charge in [0.2, 0.25) is 0 Å².